The van der Waals surface area contributed by atoms with Gasteiger partial charge in [-0.05, 0) is 68.3 Å². The zero-order chi connectivity index (χ0) is 17.1. The molecule has 24 heavy (non-hydrogen) atoms. The Kier molecular flexibility index (Phi) is 5.44. The highest BCUT2D eigenvalue weighted by molar-refractivity contribution is 6.02. The van der Waals surface area contributed by atoms with Gasteiger partial charge in [-0.3, -0.25) is 4.79 Å². The van der Waals surface area contributed by atoms with Crippen molar-refractivity contribution in [3.63, 3.8) is 0 Å². The van der Waals surface area contributed by atoms with E-state index in [0.29, 0.717) is 30.0 Å². The number of hydrogen-bond donors (Lipinski definition) is 1. The van der Waals surface area contributed by atoms with Crippen molar-refractivity contribution < 1.29 is 14.3 Å². The highest BCUT2D eigenvalue weighted by Gasteiger charge is 2.34. The molecule has 1 heterocycles. The van der Waals surface area contributed by atoms with Crippen LogP contribution in [0.5, 0.6) is 11.5 Å². The van der Waals surface area contributed by atoms with Gasteiger partial charge < -0.3 is 14.8 Å². The van der Waals surface area contributed by atoms with Gasteiger partial charge in [-0.2, -0.15) is 0 Å². The number of carbonyl (C=O) groups excluding carboxylic acids is 1. The summed E-state index contributed by atoms with van der Waals surface area (Å²) in [4.78, 5) is 12.8. The quantitative estimate of drug-likeness (QED) is 0.867. The topological polar surface area (TPSA) is 47.6 Å². The van der Waals surface area contributed by atoms with Crippen LogP contribution in [0.1, 0.15) is 49.0 Å². The van der Waals surface area contributed by atoms with Crippen molar-refractivity contribution >= 4 is 5.78 Å². The molecule has 1 aromatic rings. The second-order valence-corrected chi connectivity index (χ2v) is 7.56. The molecule has 1 aliphatic carbocycles. The number of carbonyl (C=O) groups is 1. The van der Waals surface area contributed by atoms with Crippen LogP contribution in [0.4, 0.5) is 0 Å². The standard InChI is InChI=1S/C20H29NO3/c1-13(2)12-24-19-11-17-15(10-18(19)23-3)9-16(20(17)22)8-14-4-6-21-7-5-14/h10-11,13-14,16,21H,4-9,12H2,1-3H3. The summed E-state index contributed by atoms with van der Waals surface area (Å²) >= 11 is 0. The Bertz CT molecular complexity index is 591. The molecule has 1 N–H and O–H groups in total. The normalized spacial score (nSPS) is 21.2. The van der Waals surface area contributed by atoms with Crippen molar-refractivity contribution in [2.45, 2.75) is 39.5 Å². The number of benzene rings is 1. The zero-order valence-corrected chi connectivity index (χ0v) is 15.1. The highest BCUT2D eigenvalue weighted by atomic mass is 16.5. The number of methoxy groups -OCH3 is 1. The van der Waals surface area contributed by atoms with E-state index in [2.05, 4.69) is 19.2 Å². The first-order valence-corrected chi connectivity index (χ1v) is 9.17. The Morgan fingerprint density at radius 2 is 1.96 bits per heavy atom. The molecule has 0 aromatic heterocycles. The molecular formula is C20H29NO3. The molecule has 2 aliphatic rings. The van der Waals surface area contributed by atoms with E-state index in [9.17, 15) is 4.79 Å². The van der Waals surface area contributed by atoms with Crippen LogP contribution in [0.15, 0.2) is 12.1 Å². The first-order chi connectivity index (χ1) is 11.6. The number of piperidine rings is 1. The summed E-state index contributed by atoms with van der Waals surface area (Å²) in [6, 6.07) is 3.91. The summed E-state index contributed by atoms with van der Waals surface area (Å²) in [5, 5.41) is 3.40. The van der Waals surface area contributed by atoms with Gasteiger partial charge in [-0.1, -0.05) is 13.8 Å². The van der Waals surface area contributed by atoms with Crippen LogP contribution >= 0.6 is 0 Å². The molecular weight excluding hydrogens is 302 g/mol. The molecule has 0 radical (unpaired) electrons. The molecule has 4 heteroatoms. The second kappa shape index (κ2) is 7.56. The molecule has 0 amide bonds. The number of hydrogen-bond acceptors (Lipinski definition) is 4. The number of ketones is 1. The van der Waals surface area contributed by atoms with Gasteiger partial charge in [0.2, 0.25) is 0 Å². The van der Waals surface area contributed by atoms with Crippen LogP contribution in [0, 0.1) is 17.8 Å². The minimum Gasteiger partial charge on any atom is -0.493 e. The van der Waals surface area contributed by atoms with E-state index in [-0.39, 0.29) is 5.92 Å². The van der Waals surface area contributed by atoms with E-state index >= 15 is 0 Å². The van der Waals surface area contributed by atoms with E-state index in [0.717, 1.165) is 42.8 Å². The second-order valence-electron chi connectivity index (χ2n) is 7.56. The van der Waals surface area contributed by atoms with Crippen molar-refractivity contribution in [1.82, 2.24) is 5.32 Å². The third-order valence-electron chi connectivity index (χ3n) is 5.14. The van der Waals surface area contributed by atoms with Gasteiger partial charge in [0, 0.05) is 11.5 Å². The molecule has 3 rings (SSSR count). The SMILES string of the molecule is COc1cc2c(cc1OCC(C)C)C(=O)C(CC1CCNCC1)C2. The van der Waals surface area contributed by atoms with Gasteiger partial charge in [-0.15, -0.1) is 0 Å². The van der Waals surface area contributed by atoms with Crippen molar-refractivity contribution in [1.29, 1.82) is 0 Å². The molecule has 1 atom stereocenters. The third kappa shape index (κ3) is 3.75. The van der Waals surface area contributed by atoms with E-state index < -0.39 is 0 Å². The predicted molar refractivity (Wildman–Crippen MR) is 95.1 cm³/mol. The summed E-state index contributed by atoms with van der Waals surface area (Å²) in [6.45, 7) is 7.01. The molecule has 1 aliphatic heterocycles. The van der Waals surface area contributed by atoms with Crippen molar-refractivity contribution in [3.05, 3.63) is 23.3 Å². The molecule has 132 valence electrons. The molecule has 1 aromatic carbocycles. The minimum absolute atomic E-state index is 0.133. The van der Waals surface area contributed by atoms with Crippen molar-refractivity contribution in [2.24, 2.45) is 17.8 Å². The monoisotopic (exact) mass is 331 g/mol. The fourth-order valence-electron chi connectivity index (χ4n) is 3.82. The lowest BCUT2D eigenvalue weighted by Crippen LogP contribution is -2.29. The molecule has 1 unspecified atom stereocenters. The fraction of sp³-hybridized carbons (Fsp3) is 0.650. The fourth-order valence-corrected chi connectivity index (χ4v) is 3.82. The highest BCUT2D eigenvalue weighted by Crippen LogP contribution is 2.39. The van der Waals surface area contributed by atoms with E-state index in [1.54, 1.807) is 7.11 Å². The number of rotatable bonds is 6. The number of nitrogens with one attached hydrogen (secondary N) is 1. The molecule has 1 fully saturated rings. The Morgan fingerprint density at radius 3 is 2.62 bits per heavy atom. The Hall–Kier alpha value is -1.55. The van der Waals surface area contributed by atoms with Gasteiger partial charge in [-0.25, -0.2) is 0 Å². The Morgan fingerprint density at radius 1 is 1.21 bits per heavy atom. The van der Waals surface area contributed by atoms with Gasteiger partial charge in [0.05, 0.1) is 13.7 Å². The summed E-state index contributed by atoms with van der Waals surface area (Å²) in [5.74, 6) is 2.97. The molecule has 0 spiro atoms. The number of Topliss-reactive ketones (excluding diaryl/α,β-unsaturated/α-hetero) is 1. The lowest BCUT2D eigenvalue weighted by Gasteiger charge is -2.24. The van der Waals surface area contributed by atoms with Crippen molar-refractivity contribution in [2.75, 3.05) is 26.8 Å². The maximum atomic E-state index is 12.8. The smallest absolute Gasteiger partial charge is 0.166 e. The van der Waals surface area contributed by atoms with Gasteiger partial charge in [0.15, 0.2) is 17.3 Å². The maximum Gasteiger partial charge on any atom is 0.166 e. The zero-order valence-electron chi connectivity index (χ0n) is 15.1. The Balaban J connectivity index is 1.74. The summed E-state index contributed by atoms with van der Waals surface area (Å²) in [6.07, 6.45) is 4.23. The number of ether oxygens (including phenoxy) is 2. The first kappa shape index (κ1) is 17.3. The van der Waals surface area contributed by atoms with E-state index in [1.165, 1.54) is 12.8 Å². The van der Waals surface area contributed by atoms with Crippen LogP contribution in [-0.2, 0) is 6.42 Å². The van der Waals surface area contributed by atoms with Gasteiger partial charge >= 0.3 is 0 Å². The largest absolute Gasteiger partial charge is 0.493 e. The summed E-state index contributed by atoms with van der Waals surface area (Å²) in [5.41, 5.74) is 1.96. The van der Waals surface area contributed by atoms with E-state index in [4.69, 9.17) is 9.47 Å². The Labute approximate surface area is 144 Å². The van der Waals surface area contributed by atoms with Gasteiger partial charge in [0.25, 0.3) is 0 Å². The molecule has 1 saturated heterocycles. The predicted octanol–water partition coefficient (Wildman–Crippen LogP) is 3.47. The maximum absolute atomic E-state index is 12.8. The molecule has 0 bridgehead atoms. The molecule has 0 saturated carbocycles. The first-order valence-electron chi connectivity index (χ1n) is 9.17. The minimum atomic E-state index is 0.133. The third-order valence-corrected chi connectivity index (χ3v) is 5.14. The van der Waals surface area contributed by atoms with Crippen LogP contribution in [0.2, 0.25) is 0 Å². The van der Waals surface area contributed by atoms with Crippen molar-refractivity contribution in [3.8, 4) is 11.5 Å². The molecule has 4 nitrogen and oxygen atoms in total. The summed E-state index contributed by atoms with van der Waals surface area (Å²) < 4.78 is 11.3. The average molecular weight is 331 g/mol. The van der Waals surface area contributed by atoms with Crippen LogP contribution in [0.25, 0.3) is 0 Å². The lowest BCUT2D eigenvalue weighted by molar-refractivity contribution is 0.0912. The lowest BCUT2D eigenvalue weighted by atomic mass is 9.86. The summed E-state index contributed by atoms with van der Waals surface area (Å²) in [7, 11) is 1.66. The van der Waals surface area contributed by atoms with Crippen LogP contribution < -0.4 is 14.8 Å². The van der Waals surface area contributed by atoms with Crippen LogP contribution in [-0.4, -0.2) is 32.6 Å². The van der Waals surface area contributed by atoms with Crippen LogP contribution in [0.3, 0.4) is 0 Å². The van der Waals surface area contributed by atoms with E-state index in [1.807, 2.05) is 12.1 Å². The van der Waals surface area contributed by atoms with Gasteiger partial charge in [0.1, 0.15) is 0 Å². The average Bonchev–Trinajstić information content (AvgIpc) is 2.88. The number of fused-ring (bicyclic) bond motifs is 1.